The highest BCUT2D eigenvalue weighted by molar-refractivity contribution is 5.96. The van der Waals surface area contributed by atoms with Crippen molar-refractivity contribution in [2.75, 3.05) is 13.6 Å². The quantitative estimate of drug-likeness (QED) is 0.410. The van der Waals surface area contributed by atoms with Gasteiger partial charge in [-0.3, -0.25) is 14.5 Å². The van der Waals surface area contributed by atoms with Crippen LogP contribution in [0.1, 0.15) is 33.5 Å². The number of nitrogens with one attached hydrogen (secondary N) is 1. The summed E-state index contributed by atoms with van der Waals surface area (Å²) < 4.78 is 39.0. The van der Waals surface area contributed by atoms with Crippen molar-refractivity contribution in [2.24, 2.45) is 7.05 Å². The fourth-order valence-corrected chi connectivity index (χ4v) is 3.68. The number of furan rings is 2. The second-order valence-electron chi connectivity index (χ2n) is 8.07. The number of nitrogens with zero attached hydrogens (tertiary/aromatic N) is 2. The molecule has 3 aromatic heterocycles. The van der Waals surface area contributed by atoms with Crippen molar-refractivity contribution in [3.05, 3.63) is 93.4 Å². The van der Waals surface area contributed by atoms with Crippen LogP contribution >= 0.6 is 0 Å². The summed E-state index contributed by atoms with van der Waals surface area (Å²) in [4.78, 5) is 27.4. The number of carbonyl (C=O) groups is 1. The normalized spacial score (nSPS) is 12.4. The Morgan fingerprint density at radius 2 is 2.03 bits per heavy atom. The zero-order chi connectivity index (χ0) is 24.4. The van der Waals surface area contributed by atoms with E-state index < -0.39 is 29.1 Å². The minimum Gasteiger partial charge on any atom is -0.467 e. The molecule has 178 valence electrons. The van der Waals surface area contributed by atoms with Crippen molar-refractivity contribution in [3.8, 4) is 0 Å². The second kappa shape index (κ2) is 9.62. The smallest absolute Gasteiger partial charge is 0.257 e. The molecule has 1 atom stereocenters. The number of fused-ring (bicyclic) bond motifs is 1. The predicted molar refractivity (Wildman–Crippen MR) is 119 cm³/mol. The van der Waals surface area contributed by atoms with Gasteiger partial charge in [0.2, 0.25) is 11.1 Å². The molecule has 8 nitrogen and oxygen atoms in total. The Morgan fingerprint density at radius 1 is 1.24 bits per heavy atom. The average molecular weight is 471 g/mol. The standard InChI is InChI=1S/C24H23F2N3O5/c1-28(13-20(30)21-4-3-7-33-21)11-15-9-16-22(31)17(12-29(2)24(16)34-15)23(32)27-10-14-5-6-18(25)19(26)8-14/h3-9,12,20,30H,10-11,13H2,1-2H3,(H,27,32)/t20-/m1/s1. The number of hydrogen-bond acceptors (Lipinski definition) is 6. The van der Waals surface area contributed by atoms with E-state index in [9.17, 15) is 23.5 Å². The highest BCUT2D eigenvalue weighted by Crippen LogP contribution is 2.20. The van der Waals surface area contributed by atoms with Crippen LogP contribution in [0.15, 0.2) is 62.5 Å². The van der Waals surface area contributed by atoms with Gasteiger partial charge in [-0.15, -0.1) is 0 Å². The third-order valence-corrected chi connectivity index (χ3v) is 5.36. The first-order valence-electron chi connectivity index (χ1n) is 10.5. The van der Waals surface area contributed by atoms with Crippen LogP contribution in [0, 0.1) is 11.6 Å². The number of aliphatic hydroxyl groups excluding tert-OH is 1. The lowest BCUT2D eigenvalue weighted by Gasteiger charge is -2.18. The van der Waals surface area contributed by atoms with Crippen LogP contribution < -0.4 is 10.7 Å². The maximum absolute atomic E-state index is 13.4. The van der Waals surface area contributed by atoms with Gasteiger partial charge >= 0.3 is 0 Å². The molecule has 2 N–H and O–H groups in total. The number of aryl methyl sites for hydroxylation is 1. The molecule has 1 aromatic carbocycles. The molecular formula is C24H23F2N3O5. The van der Waals surface area contributed by atoms with Gasteiger partial charge in [0, 0.05) is 26.3 Å². The summed E-state index contributed by atoms with van der Waals surface area (Å²) in [5.41, 5.74) is 0.0448. The molecule has 3 heterocycles. The number of pyridine rings is 1. The van der Waals surface area contributed by atoms with Gasteiger partial charge in [0.1, 0.15) is 23.2 Å². The Kier molecular flexibility index (Phi) is 6.62. The van der Waals surface area contributed by atoms with E-state index in [0.29, 0.717) is 29.3 Å². The number of carbonyl (C=O) groups excluding carboxylic acids is 1. The number of halogens is 2. The van der Waals surface area contributed by atoms with Crippen molar-refractivity contribution in [1.82, 2.24) is 14.8 Å². The highest BCUT2D eigenvalue weighted by atomic mass is 19.2. The van der Waals surface area contributed by atoms with Crippen molar-refractivity contribution >= 4 is 17.0 Å². The van der Waals surface area contributed by atoms with Crippen LogP contribution in [0.5, 0.6) is 0 Å². The lowest BCUT2D eigenvalue weighted by molar-refractivity contribution is 0.0949. The highest BCUT2D eigenvalue weighted by Gasteiger charge is 2.20. The van der Waals surface area contributed by atoms with Crippen molar-refractivity contribution in [3.63, 3.8) is 0 Å². The van der Waals surface area contributed by atoms with E-state index in [1.165, 1.54) is 23.1 Å². The van der Waals surface area contributed by atoms with Crippen molar-refractivity contribution < 1.29 is 27.5 Å². The first kappa shape index (κ1) is 23.4. The molecule has 1 amide bonds. The first-order valence-corrected chi connectivity index (χ1v) is 10.5. The Bertz CT molecular complexity index is 1380. The van der Waals surface area contributed by atoms with Gasteiger partial charge in [-0.1, -0.05) is 6.07 Å². The molecule has 0 aliphatic heterocycles. The number of rotatable bonds is 8. The summed E-state index contributed by atoms with van der Waals surface area (Å²) in [6.45, 7) is 0.513. The molecule has 4 aromatic rings. The summed E-state index contributed by atoms with van der Waals surface area (Å²) in [5.74, 6) is -1.71. The Hall–Kier alpha value is -3.76. The minimum atomic E-state index is -1.02. The fraction of sp³-hybridized carbons (Fsp3) is 0.250. The van der Waals surface area contributed by atoms with Crippen LogP contribution in [-0.4, -0.2) is 34.1 Å². The summed E-state index contributed by atoms with van der Waals surface area (Å²) in [6, 6.07) is 8.25. The van der Waals surface area contributed by atoms with Gasteiger partial charge < -0.3 is 23.8 Å². The SMILES string of the molecule is CN(Cc1cc2c(=O)c(C(=O)NCc3ccc(F)c(F)c3)cn(C)c2o1)C[C@@H](O)c1ccco1. The molecule has 0 saturated heterocycles. The van der Waals surface area contributed by atoms with Crippen molar-refractivity contribution in [2.45, 2.75) is 19.2 Å². The summed E-state index contributed by atoms with van der Waals surface area (Å²) in [6.07, 6.45) is 2.03. The van der Waals surface area contributed by atoms with E-state index in [0.717, 1.165) is 12.1 Å². The monoisotopic (exact) mass is 471 g/mol. The number of benzene rings is 1. The summed E-state index contributed by atoms with van der Waals surface area (Å²) in [5, 5.41) is 13.0. The van der Waals surface area contributed by atoms with Gasteiger partial charge in [0.05, 0.1) is 18.2 Å². The molecule has 0 aliphatic carbocycles. The third kappa shape index (κ3) is 4.92. The molecule has 0 fully saturated rings. The van der Waals surface area contributed by atoms with Crippen LogP contribution in [0.2, 0.25) is 0 Å². The number of likely N-dealkylation sites (N-methyl/N-ethyl adjacent to an activating group) is 1. The maximum atomic E-state index is 13.4. The molecule has 0 unspecified atom stereocenters. The van der Waals surface area contributed by atoms with Gasteiger partial charge in [-0.25, -0.2) is 8.78 Å². The minimum absolute atomic E-state index is 0.0728. The van der Waals surface area contributed by atoms with Gasteiger partial charge in [-0.05, 0) is 42.9 Å². The van der Waals surface area contributed by atoms with Gasteiger partial charge in [0.25, 0.3) is 5.91 Å². The Labute approximate surface area is 193 Å². The average Bonchev–Trinajstić information content (AvgIpc) is 3.47. The van der Waals surface area contributed by atoms with Crippen LogP contribution in [0.3, 0.4) is 0 Å². The van der Waals surface area contributed by atoms with E-state index in [4.69, 9.17) is 8.83 Å². The molecule has 0 radical (unpaired) electrons. The second-order valence-corrected chi connectivity index (χ2v) is 8.07. The largest absolute Gasteiger partial charge is 0.467 e. The van der Waals surface area contributed by atoms with E-state index in [2.05, 4.69) is 5.32 Å². The third-order valence-electron chi connectivity index (χ3n) is 5.36. The summed E-state index contributed by atoms with van der Waals surface area (Å²) in [7, 11) is 3.43. The topological polar surface area (TPSA) is 101 Å². The molecule has 4 rings (SSSR count). The number of aliphatic hydroxyl groups is 1. The lowest BCUT2D eigenvalue weighted by Crippen LogP contribution is -2.29. The van der Waals surface area contributed by atoms with E-state index >= 15 is 0 Å². The van der Waals surface area contributed by atoms with Crippen LogP contribution in [0.4, 0.5) is 8.78 Å². The Balaban J connectivity index is 1.49. The van der Waals surface area contributed by atoms with E-state index in [1.807, 2.05) is 4.90 Å². The molecule has 0 bridgehead atoms. The molecule has 0 aliphatic rings. The molecule has 0 spiro atoms. The van der Waals surface area contributed by atoms with Gasteiger partial charge in [-0.2, -0.15) is 0 Å². The van der Waals surface area contributed by atoms with Crippen molar-refractivity contribution in [1.29, 1.82) is 0 Å². The predicted octanol–water partition coefficient (Wildman–Crippen LogP) is 3.10. The van der Waals surface area contributed by atoms with Crippen LogP contribution in [-0.2, 0) is 20.1 Å². The summed E-state index contributed by atoms with van der Waals surface area (Å²) >= 11 is 0. The van der Waals surface area contributed by atoms with E-state index in [1.54, 1.807) is 32.3 Å². The Morgan fingerprint density at radius 3 is 2.74 bits per heavy atom. The zero-order valence-corrected chi connectivity index (χ0v) is 18.5. The number of hydrogen-bond donors (Lipinski definition) is 2. The molecular weight excluding hydrogens is 448 g/mol. The number of aromatic nitrogens is 1. The lowest BCUT2D eigenvalue weighted by atomic mass is 10.1. The molecule has 0 saturated carbocycles. The molecule has 10 heteroatoms. The number of amides is 1. The van der Waals surface area contributed by atoms with Crippen LogP contribution in [0.25, 0.3) is 11.1 Å². The van der Waals surface area contributed by atoms with E-state index in [-0.39, 0.29) is 24.0 Å². The van der Waals surface area contributed by atoms with Gasteiger partial charge in [0.15, 0.2) is 11.6 Å². The maximum Gasteiger partial charge on any atom is 0.257 e. The fourth-order valence-electron chi connectivity index (χ4n) is 3.68. The first-order chi connectivity index (χ1) is 16.2. The molecule has 34 heavy (non-hydrogen) atoms. The zero-order valence-electron chi connectivity index (χ0n) is 18.5.